The van der Waals surface area contributed by atoms with Gasteiger partial charge in [0.15, 0.2) is 14.1 Å². The monoisotopic (exact) mass is 250 g/mol. The summed E-state index contributed by atoms with van der Waals surface area (Å²) in [7, 11) is -2.20. The zero-order valence-electron chi connectivity index (χ0n) is 11.2. The molecule has 1 N–H and O–H groups in total. The smallest absolute Gasteiger partial charge is 0.188 e. The molecule has 1 aromatic rings. The van der Waals surface area contributed by atoms with E-state index in [-0.39, 0.29) is 10.8 Å². The predicted octanol–water partition coefficient (Wildman–Crippen LogP) is 3.63. The van der Waals surface area contributed by atoms with E-state index in [0.717, 1.165) is 12.0 Å². The molecule has 1 aromatic carbocycles. The molecule has 0 saturated heterocycles. The Bertz CT molecular complexity index is 377. The molecular formula is C14H22O2Si. The number of rotatable bonds is 5. The Labute approximate surface area is 105 Å². The molecule has 0 aliphatic rings. The van der Waals surface area contributed by atoms with Crippen LogP contribution in [-0.2, 0) is 0 Å². The molecule has 0 saturated carbocycles. The summed E-state index contributed by atoms with van der Waals surface area (Å²) in [5.41, 5.74) is 0.765. The Morgan fingerprint density at radius 3 is 2.24 bits per heavy atom. The van der Waals surface area contributed by atoms with Crippen LogP contribution in [0.3, 0.4) is 0 Å². The molecule has 1 rings (SSSR count). The maximum Gasteiger partial charge on any atom is 0.188 e. The lowest BCUT2D eigenvalue weighted by molar-refractivity contribution is 0.0975. The second kappa shape index (κ2) is 5.15. The van der Waals surface area contributed by atoms with Gasteiger partial charge in [0.05, 0.1) is 0 Å². The van der Waals surface area contributed by atoms with E-state index in [1.165, 1.54) is 0 Å². The van der Waals surface area contributed by atoms with Crippen molar-refractivity contribution in [1.82, 2.24) is 0 Å². The topological polar surface area (TPSA) is 37.3 Å². The molecule has 0 fully saturated rings. The fourth-order valence-corrected chi connectivity index (χ4v) is 2.24. The summed E-state index contributed by atoms with van der Waals surface area (Å²) in [6.07, 6.45) is 1.25. The first-order valence-electron chi connectivity index (χ1n) is 6.05. The summed E-state index contributed by atoms with van der Waals surface area (Å²) >= 11 is 0. The third-order valence-corrected chi connectivity index (χ3v) is 7.29. The molecule has 0 aliphatic carbocycles. The Balaban J connectivity index is 2.61. The van der Waals surface area contributed by atoms with Crippen LogP contribution in [0.4, 0.5) is 0 Å². The van der Waals surface area contributed by atoms with Crippen molar-refractivity contribution in [3.05, 3.63) is 35.9 Å². The second-order valence-electron chi connectivity index (χ2n) is 5.73. The number of benzene rings is 1. The first-order valence-corrected chi connectivity index (χ1v) is 8.99. The lowest BCUT2D eigenvalue weighted by Gasteiger charge is -2.34. The van der Waals surface area contributed by atoms with Gasteiger partial charge < -0.3 is 4.80 Å². The van der Waals surface area contributed by atoms with Crippen molar-refractivity contribution < 1.29 is 9.59 Å². The van der Waals surface area contributed by atoms with E-state index in [2.05, 4.69) is 13.8 Å². The Kier molecular flexibility index (Phi) is 4.28. The van der Waals surface area contributed by atoms with Gasteiger partial charge in [-0.3, -0.25) is 4.79 Å². The highest BCUT2D eigenvalue weighted by atomic mass is 28.4. The zero-order valence-corrected chi connectivity index (χ0v) is 12.2. The van der Waals surface area contributed by atoms with E-state index in [1.807, 2.05) is 43.4 Å². The van der Waals surface area contributed by atoms with Crippen LogP contribution in [-0.4, -0.2) is 18.9 Å². The highest BCUT2D eigenvalue weighted by molar-refractivity contribution is 6.72. The molecule has 0 radical (unpaired) electrons. The van der Waals surface area contributed by atoms with Crippen LogP contribution in [0.1, 0.15) is 37.0 Å². The number of hydrogen-bond donors (Lipinski definition) is 1. The quantitative estimate of drug-likeness (QED) is 0.640. The van der Waals surface area contributed by atoms with Crippen LogP contribution in [0.2, 0.25) is 18.1 Å². The maximum absolute atomic E-state index is 12.0. The highest BCUT2D eigenvalue weighted by Crippen LogP contribution is 2.39. The first-order chi connectivity index (χ1) is 7.74. The summed E-state index contributed by atoms with van der Waals surface area (Å²) in [5, 5.41) is -0.128. The lowest BCUT2D eigenvalue weighted by Crippen LogP contribution is -2.39. The van der Waals surface area contributed by atoms with E-state index >= 15 is 0 Å². The van der Waals surface area contributed by atoms with Crippen molar-refractivity contribution in [2.75, 3.05) is 0 Å². The van der Waals surface area contributed by atoms with Gasteiger partial charge in [0, 0.05) is 12.0 Å². The van der Waals surface area contributed by atoms with Gasteiger partial charge in [-0.1, -0.05) is 44.2 Å². The van der Waals surface area contributed by atoms with Gasteiger partial charge in [0.1, 0.15) is 0 Å². The minimum Gasteiger partial charge on any atom is -0.432 e. The van der Waals surface area contributed by atoms with Gasteiger partial charge in [0.2, 0.25) is 0 Å². The molecular weight excluding hydrogens is 228 g/mol. The van der Waals surface area contributed by atoms with Crippen molar-refractivity contribution in [3.63, 3.8) is 0 Å². The van der Waals surface area contributed by atoms with Crippen molar-refractivity contribution in [2.24, 2.45) is 0 Å². The number of carbonyl (C=O) groups is 1. The Morgan fingerprint density at radius 2 is 1.76 bits per heavy atom. The van der Waals surface area contributed by atoms with Crippen LogP contribution in [0.15, 0.2) is 30.3 Å². The van der Waals surface area contributed by atoms with Gasteiger partial charge in [-0.15, -0.1) is 0 Å². The minimum atomic E-state index is -2.20. The van der Waals surface area contributed by atoms with Crippen LogP contribution in [0, 0.1) is 0 Å². The second-order valence-corrected chi connectivity index (χ2v) is 10.2. The number of Topliss-reactive ketones (excluding diaryl/α,β-unsaturated/α-hetero) is 1. The summed E-state index contributed by atoms with van der Waals surface area (Å²) < 4.78 is 0. The van der Waals surface area contributed by atoms with Crippen molar-refractivity contribution in [3.8, 4) is 0 Å². The van der Waals surface area contributed by atoms with Gasteiger partial charge in [-0.05, 0) is 24.6 Å². The van der Waals surface area contributed by atoms with Crippen molar-refractivity contribution in [2.45, 2.75) is 44.8 Å². The highest BCUT2D eigenvalue weighted by Gasteiger charge is 2.37. The van der Waals surface area contributed by atoms with E-state index in [9.17, 15) is 9.59 Å². The summed E-state index contributed by atoms with van der Waals surface area (Å²) in [4.78, 5) is 22.1. The molecule has 0 amide bonds. The van der Waals surface area contributed by atoms with Gasteiger partial charge in [-0.2, -0.15) is 0 Å². The number of hydrogen-bond acceptors (Lipinski definition) is 2. The van der Waals surface area contributed by atoms with Crippen LogP contribution < -0.4 is 0 Å². The summed E-state index contributed by atoms with van der Waals surface area (Å²) in [6, 6.07) is 9.35. The fraction of sp³-hybridized carbons (Fsp3) is 0.500. The number of ketones is 1. The normalized spacial score (nSPS) is 12.5. The zero-order chi connectivity index (χ0) is 13.1. The summed E-state index contributed by atoms with van der Waals surface area (Å²) in [5.74, 6) is 0.164. The molecule has 17 heavy (non-hydrogen) atoms. The van der Waals surface area contributed by atoms with Gasteiger partial charge in [-0.25, -0.2) is 0 Å². The SMILES string of the molecule is CC(C)(CCC(=O)c1ccccc1)[Si](C)(C)O. The lowest BCUT2D eigenvalue weighted by atomic mass is 10.0. The fourth-order valence-electron chi connectivity index (χ4n) is 1.50. The average Bonchev–Trinajstić information content (AvgIpc) is 2.25. The predicted molar refractivity (Wildman–Crippen MR) is 73.7 cm³/mol. The van der Waals surface area contributed by atoms with Crippen LogP contribution >= 0.6 is 0 Å². The molecule has 0 unspecified atom stereocenters. The van der Waals surface area contributed by atoms with Crippen molar-refractivity contribution >= 4 is 14.1 Å². The molecule has 0 bridgehead atoms. The standard InChI is InChI=1S/C14H22O2Si/c1-14(2,17(3,4)16)11-10-13(15)12-8-6-5-7-9-12/h5-9,16H,10-11H2,1-4H3. The van der Waals surface area contributed by atoms with E-state index in [0.29, 0.717) is 6.42 Å². The molecule has 3 heteroatoms. The minimum absolute atomic E-state index is 0.128. The Morgan fingerprint density at radius 1 is 1.24 bits per heavy atom. The van der Waals surface area contributed by atoms with E-state index < -0.39 is 8.32 Å². The maximum atomic E-state index is 12.0. The van der Waals surface area contributed by atoms with Crippen molar-refractivity contribution in [1.29, 1.82) is 0 Å². The molecule has 0 heterocycles. The molecule has 94 valence electrons. The first kappa shape index (κ1) is 14.1. The van der Waals surface area contributed by atoms with Crippen LogP contribution in [0.25, 0.3) is 0 Å². The third kappa shape index (κ3) is 3.79. The molecule has 2 nitrogen and oxygen atoms in total. The third-order valence-electron chi connectivity index (χ3n) is 3.73. The average molecular weight is 250 g/mol. The van der Waals surface area contributed by atoms with E-state index in [1.54, 1.807) is 0 Å². The van der Waals surface area contributed by atoms with E-state index in [4.69, 9.17) is 0 Å². The molecule has 0 atom stereocenters. The molecule has 0 spiro atoms. The van der Waals surface area contributed by atoms with Crippen LogP contribution in [0.5, 0.6) is 0 Å². The van der Waals surface area contributed by atoms with Gasteiger partial charge >= 0.3 is 0 Å². The Hall–Kier alpha value is -0.933. The molecule has 0 aliphatic heterocycles. The largest absolute Gasteiger partial charge is 0.432 e. The van der Waals surface area contributed by atoms with Gasteiger partial charge in [0.25, 0.3) is 0 Å². The number of carbonyl (C=O) groups excluding carboxylic acids is 1. The summed E-state index contributed by atoms with van der Waals surface area (Å²) in [6.45, 7) is 7.97. The molecule has 0 aromatic heterocycles.